The van der Waals surface area contributed by atoms with Crippen molar-refractivity contribution in [2.24, 2.45) is 0 Å². The fourth-order valence-electron chi connectivity index (χ4n) is 2.72. The summed E-state index contributed by atoms with van der Waals surface area (Å²) in [6.07, 6.45) is 5.68. The van der Waals surface area contributed by atoms with Crippen LogP contribution in [0.15, 0.2) is 18.2 Å². The van der Waals surface area contributed by atoms with E-state index in [1.165, 1.54) is 12.5 Å². The summed E-state index contributed by atoms with van der Waals surface area (Å²) in [5, 5.41) is 0. The number of benzene rings is 1. The number of ketones is 1. The average Bonchev–Trinajstić information content (AvgIpc) is 2.39. The van der Waals surface area contributed by atoms with E-state index < -0.39 is 23.0 Å². The zero-order valence-electron chi connectivity index (χ0n) is 11.2. The van der Waals surface area contributed by atoms with E-state index in [1.54, 1.807) is 0 Å². The van der Waals surface area contributed by atoms with Crippen LogP contribution in [0.2, 0.25) is 0 Å². The van der Waals surface area contributed by atoms with Crippen LogP contribution in [0, 0.1) is 11.6 Å². The van der Waals surface area contributed by atoms with E-state index >= 15 is 0 Å². The number of hydrogen-bond donors (Lipinski definition) is 0. The summed E-state index contributed by atoms with van der Waals surface area (Å²) >= 11 is 0. The van der Waals surface area contributed by atoms with Crippen molar-refractivity contribution in [3.05, 3.63) is 35.4 Å². The van der Waals surface area contributed by atoms with Gasteiger partial charge in [-0.25, -0.2) is 8.78 Å². The lowest BCUT2D eigenvalue weighted by Gasteiger charge is -2.30. The van der Waals surface area contributed by atoms with Crippen LogP contribution in [0.1, 0.15) is 42.5 Å². The lowest BCUT2D eigenvalue weighted by Crippen LogP contribution is -2.37. The molecule has 1 aliphatic rings. The molecular weight excluding hydrogens is 248 g/mol. The molecule has 0 aromatic heterocycles. The Balaban J connectivity index is 2.04. The summed E-state index contributed by atoms with van der Waals surface area (Å²) in [5.41, 5.74) is -0.412. The smallest absolute Gasteiger partial charge is 0.182 e. The maximum Gasteiger partial charge on any atom is 0.182 e. The Morgan fingerprint density at radius 3 is 2.37 bits per heavy atom. The summed E-state index contributed by atoms with van der Waals surface area (Å²) in [5.74, 6) is -2.03. The normalized spacial score (nSPS) is 16.8. The maximum atomic E-state index is 13.5. The number of rotatable bonds is 4. The number of halogens is 2. The van der Waals surface area contributed by atoms with Gasteiger partial charge in [-0.3, -0.25) is 9.69 Å². The minimum absolute atomic E-state index is 0.0719. The zero-order valence-corrected chi connectivity index (χ0v) is 11.2. The monoisotopic (exact) mass is 267 g/mol. The summed E-state index contributed by atoms with van der Waals surface area (Å²) in [4.78, 5) is 13.9. The molecule has 2 rings (SSSR count). The van der Waals surface area contributed by atoms with Crippen LogP contribution in [-0.2, 0) is 0 Å². The molecule has 1 aromatic carbocycles. The van der Waals surface area contributed by atoms with E-state index in [9.17, 15) is 13.6 Å². The third kappa shape index (κ3) is 3.38. The molecule has 1 aromatic rings. The van der Waals surface area contributed by atoms with Gasteiger partial charge in [0.05, 0.1) is 12.1 Å². The number of likely N-dealkylation sites (N-methyl/N-ethyl adjacent to an activating group) is 1. The van der Waals surface area contributed by atoms with Gasteiger partial charge in [0, 0.05) is 6.04 Å². The second-order valence-corrected chi connectivity index (χ2v) is 5.23. The molecule has 2 nitrogen and oxygen atoms in total. The molecule has 0 N–H and O–H groups in total. The quantitative estimate of drug-likeness (QED) is 0.779. The molecule has 0 aliphatic heterocycles. The van der Waals surface area contributed by atoms with Crippen molar-refractivity contribution < 1.29 is 13.6 Å². The number of Topliss-reactive ketones (excluding diaryl/α,β-unsaturated/α-hetero) is 1. The molecule has 0 radical (unpaired) electrons. The summed E-state index contributed by atoms with van der Waals surface area (Å²) < 4.78 is 27.0. The predicted octanol–water partition coefficient (Wildman–Crippen LogP) is 3.41. The van der Waals surface area contributed by atoms with E-state index in [2.05, 4.69) is 0 Å². The molecule has 0 spiro atoms. The van der Waals surface area contributed by atoms with Gasteiger partial charge in [0.25, 0.3) is 0 Å². The van der Waals surface area contributed by atoms with Gasteiger partial charge in [-0.15, -0.1) is 0 Å². The van der Waals surface area contributed by atoms with Gasteiger partial charge >= 0.3 is 0 Å². The molecular formula is C15H19F2NO. The Morgan fingerprint density at radius 2 is 1.79 bits per heavy atom. The topological polar surface area (TPSA) is 20.3 Å². The predicted molar refractivity (Wildman–Crippen MR) is 70.2 cm³/mol. The highest BCUT2D eigenvalue weighted by molar-refractivity contribution is 5.98. The lowest BCUT2D eigenvalue weighted by molar-refractivity contribution is 0.0891. The third-order valence-corrected chi connectivity index (χ3v) is 3.83. The molecule has 0 atom stereocenters. The van der Waals surface area contributed by atoms with Crippen molar-refractivity contribution >= 4 is 5.78 Å². The SMILES string of the molecule is CN(CC(=O)c1c(F)cccc1F)C1CCCCC1. The molecule has 4 heteroatoms. The lowest BCUT2D eigenvalue weighted by atomic mass is 9.94. The van der Waals surface area contributed by atoms with E-state index in [1.807, 2.05) is 11.9 Å². The fraction of sp³-hybridized carbons (Fsp3) is 0.533. The van der Waals surface area contributed by atoms with Gasteiger partial charge in [0.1, 0.15) is 11.6 Å². The minimum Gasteiger partial charge on any atom is -0.296 e. The molecule has 1 fully saturated rings. The van der Waals surface area contributed by atoms with Crippen molar-refractivity contribution in [2.45, 2.75) is 38.1 Å². The minimum atomic E-state index is -0.776. The van der Waals surface area contributed by atoms with Crippen LogP contribution in [0.25, 0.3) is 0 Å². The van der Waals surface area contributed by atoms with Gasteiger partial charge in [0.15, 0.2) is 5.78 Å². The number of hydrogen-bond acceptors (Lipinski definition) is 2. The van der Waals surface area contributed by atoms with Crippen molar-refractivity contribution in [2.75, 3.05) is 13.6 Å². The van der Waals surface area contributed by atoms with Crippen LogP contribution in [0.5, 0.6) is 0 Å². The Hall–Kier alpha value is -1.29. The van der Waals surface area contributed by atoms with Crippen LogP contribution in [0.3, 0.4) is 0 Å². The maximum absolute atomic E-state index is 13.5. The molecule has 1 aliphatic carbocycles. The van der Waals surface area contributed by atoms with E-state index in [0.717, 1.165) is 37.8 Å². The Kier molecular flexibility index (Phi) is 4.64. The summed E-state index contributed by atoms with van der Waals surface area (Å²) in [7, 11) is 1.85. The van der Waals surface area contributed by atoms with Gasteiger partial charge in [-0.2, -0.15) is 0 Å². The second kappa shape index (κ2) is 6.24. The fourth-order valence-corrected chi connectivity index (χ4v) is 2.72. The zero-order chi connectivity index (χ0) is 13.8. The van der Waals surface area contributed by atoms with Crippen molar-refractivity contribution in [3.8, 4) is 0 Å². The van der Waals surface area contributed by atoms with Gasteiger partial charge in [-0.05, 0) is 32.0 Å². The van der Waals surface area contributed by atoms with Crippen molar-refractivity contribution in [3.63, 3.8) is 0 Å². The van der Waals surface area contributed by atoms with Crippen LogP contribution >= 0.6 is 0 Å². The first kappa shape index (κ1) is 14.1. The molecule has 1 saturated carbocycles. The molecule has 0 heterocycles. The first-order chi connectivity index (χ1) is 9.09. The van der Waals surface area contributed by atoms with Crippen LogP contribution < -0.4 is 0 Å². The highest BCUT2D eigenvalue weighted by Gasteiger charge is 2.23. The summed E-state index contributed by atoms with van der Waals surface area (Å²) in [6, 6.07) is 3.87. The number of carbonyl (C=O) groups is 1. The van der Waals surface area contributed by atoms with Gasteiger partial charge in [-0.1, -0.05) is 25.3 Å². The standard InChI is InChI=1S/C15H19F2NO/c1-18(11-6-3-2-4-7-11)10-14(19)15-12(16)8-5-9-13(15)17/h5,8-9,11H,2-4,6-7,10H2,1H3. The molecule has 0 unspecified atom stereocenters. The van der Waals surface area contributed by atoms with E-state index in [4.69, 9.17) is 0 Å². The summed E-state index contributed by atoms with van der Waals surface area (Å²) in [6.45, 7) is 0.0719. The highest BCUT2D eigenvalue weighted by Crippen LogP contribution is 2.22. The average molecular weight is 267 g/mol. The van der Waals surface area contributed by atoms with Crippen molar-refractivity contribution in [1.82, 2.24) is 4.90 Å². The molecule has 19 heavy (non-hydrogen) atoms. The Labute approximate surface area is 112 Å². The van der Waals surface area contributed by atoms with Crippen LogP contribution in [-0.4, -0.2) is 30.3 Å². The third-order valence-electron chi connectivity index (χ3n) is 3.83. The Bertz CT molecular complexity index is 435. The molecule has 104 valence electrons. The van der Waals surface area contributed by atoms with E-state index in [0.29, 0.717) is 6.04 Å². The number of nitrogens with zero attached hydrogens (tertiary/aromatic N) is 1. The van der Waals surface area contributed by atoms with Crippen molar-refractivity contribution in [1.29, 1.82) is 0 Å². The van der Waals surface area contributed by atoms with Gasteiger partial charge in [0.2, 0.25) is 0 Å². The van der Waals surface area contributed by atoms with Gasteiger partial charge < -0.3 is 0 Å². The molecule has 0 bridgehead atoms. The largest absolute Gasteiger partial charge is 0.296 e. The molecule has 0 saturated heterocycles. The Morgan fingerprint density at radius 1 is 1.21 bits per heavy atom. The first-order valence-electron chi connectivity index (χ1n) is 6.77. The second-order valence-electron chi connectivity index (χ2n) is 5.23. The highest BCUT2D eigenvalue weighted by atomic mass is 19.1. The molecule has 0 amide bonds. The van der Waals surface area contributed by atoms with E-state index in [-0.39, 0.29) is 6.54 Å². The van der Waals surface area contributed by atoms with Crippen LogP contribution in [0.4, 0.5) is 8.78 Å². The number of carbonyl (C=O) groups excluding carboxylic acids is 1. The first-order valence-corrected chi connectivity index (χ1v) is 6.77.